The largest absolute Gasteiger partial charge is 0.469 e. The van der Waals surface area contributed by atoms with Gasteiger partial charge < -0.3 is 9.73 Å². The van der Waals surface area contributed by atoms with Gasteiger partial charge in [-0.2, -0.15) is 5.10 Å². The van der Waals surface area contributed by atoms with Gasteiger partial charge in [0, 0.05) is 11.4 Å². The summed E-state index contributed by atoms with van der Waals surface area (Å²) in [7, 11) is 0. The Labute approximate surface area is 140 Å². The lowest BCUT2D eigenvalue weighted by Gasteiger charge is -2.06. The molecule has 3 aromatic rings. The third kappa shape index (κ3) is 3.89. The molecule has 0 radical (unpaired) electrons. The number of furan rings is 1. The summed E-state index contributed by atoms with van der Waals surface area (Å²) < 4.78 is 5.09. The first-order valence-corrected chi connectivity index (χ1v) is 7.52. The van der Waals surface area contributed by atoms with Crippen LogP contribution in [0.15, 0.2) is 76.4 Å². The molecule has 0 aliphatic rings. The van der Waals surface area contributed by atoms with Gasteiger partial charge >= 0.3 is 0 Å². The number of nitrogens with zero attached hydrogens (tertiary/aromatic N) is 1. The predicted octanol–water partition coefficient (Wildman–Crippen LogP) is 4.10. The van der Waals surface area contributed by atoms with Crippen LogP contribution in [0.25, 0.3) is 0 Å². The molecule has 5 nitrogen and oxygen atoms in total. The van der Waals surface area contributed by atoms with Gasteiger partial charge in [-0.25, -0.2) is 5.43 Å². The van der Waals surface area contributed by atoms with Crippen molar-refractivity contribution in [3.05, 3.63) is 83.8 Å². The van der Waals surface area contributed by atoms with Gasteiger partial charge in [0.25, 0.3) is 5.91 Å². The Kier molecular flexibility index (Phi) is 4.72. The third-order valence-electron chi connectivity index (χ3n) is 3.46. The lowest BCUT2D eigenvalue weighted by Crippen LogP contribution is -2.17. The van der Waals surface area contributed by atoms with Crippen LogP contribution < -0.4 is 10.7 Å². The van der Waals surface area contributed by atoms with Gasteiger partial charge in [0.05, 0.1) is 18.0 Å². The SMILES string of the molecule is Cc1occc1C(=O)N/N=C/c1ccc(Nc2ccccc2)cc1. The quantitative estimate of drug-likeness (QED) is 0.550. The summed E-state index contributed by atoms with van der Waals surface area (Å²) in [5, 5.41) is 7.27. The molecule has 0 aliphatic carbocycles. The number of anilines is 2. The zero-order chi connectivity index (χ0) is 16.8. The zero-order valence-electron chi connectivity index (χ0n) is 13.2. The van der Waals surface area contributed by atoms with Crippen molar-refractivity contribution in [1.82, 2.24) is 5.43 Å². The summed E-state index contributed by atoms with van der Waals surface area (Å²) in [4.78, 5) is 11.9. The highest BCUT2D eigenvalue weighted by molar-refractivity contribution is 5.95. The number of hydrogen-bond donors (Lipinski definition) is 2. The summed E-state index contributed by atoms with van der Waals surface area (Å²) in [6.45, 7) is 1.73. The molecular weight excluding hydrogens is 302 g/mol. The zero-order valence-corrected chi connectivity index (χ0v) is 13.2. The van der Waals surface area contributed by atoms with E-state index in [4.69, 9.17) is 4.42 Å². The Morgan fingerprint density at radius 1 is 1.00 bits per heavy atom. The fraction of sp³-hybridized carbons (Fsp3) is 0.0526. The minimum Gasteiger partial charge on any atom is -0.469 e. The van der Waals surface area contributed by atoms with Crippen molar-refractivity contribution < 1.29 is 9.21 Å². The molecule has 3 rings (SSSR count). The normalized spacial score (nSPS) is 10.7. The first-order chi connectivity index (χ1) is 11.7. The highest BCUT2D eigenvalue weighted by Gasteiger charge is 2.09. The monoisotopic (exact) mass is 319 g/mol. The Bertz CT molecular complexity index is 837. The maximum atomic E-state index is 11.9. The molecule has 5 heteroatoms. The number of rotatable bonds is 5. The van der Waals surface area contributed by atoms with Crippen LogP contribution in [0.5, 0.6) is 0 Å². The van der Waals surface area contributed by atoms with E-state index in [1.165, 1.54) is 6.26 Å². The molecule has 0 fully saturated rings. The summed E-state index contributed by atoms with van der Waals surface area (Å²) in [6.07, 6.45) is 3.08. The number of para-hydroxylation sites is 1. The molecular formula is C19H17N3O2. The first kappa shape index (κ1) is 15.6. The highest BCUT2D eigenvalue weighted by atomic mass is 16.3. The van der Waals surface area contributed by atoms with E-state index in [2.05, 4.69) is 15.8 Å². The number of hydrazone groups is 1. The van der Waals surface area contributed by atoms with Crippen LogP contribution in [0.1, 0.15) is 21.7 Å². The maximum absolute atomic E-state index is 11.9. The van der Waals surface area contributed by atoms with Crippen molar-refractivity contribution in [3.8, 4) is 0 Å². The molecule has 1 heterocycles. The Balaban J connectivity index is 1.58. The van der Waals surface area contributed by atoms with Gasteiger partial charge in [-0.3, -0.25) is 4.79 Å². The van der Waals surface area contributed by atoms with Crippen molar-refractivity contribution in [3.63, 3.8) is 0 Å². The Morgan fingerprint density at radius 3 is 2.38 bits per heavy atom. The first-order valence-electron chi connectivity index (χ1n) is 7.52. The second-order valence-electron chi connectivity index (χ2n) is 5.20. The Hall–Kier alpha value is -3.34. The fourth-order valence-electron chi connectivity index (χ4n) is 2.19. The van der Waals surface area contributed by atoms with Gasteiger partial charge in [0.15, 0.2) is 0 Å². The number of carbonyl (C=O) groups is 1. The topological polar surface area (TPSA) is 66.6 Å². The highest BCUT2D eigenvalue weighted by Crippen LogP contribution is 2.16. The third-order valence-corrected chi connectivity index (χ3v) is 3.46. The van der Waals surface area contributed by atoms with E-state index in [0.29, 0.717) is 11.3 Å². The summed E-state index contributed by atoms with van der Waals surface area (Å²) in [5.74, 6) is 0.277. The standard InChI is InChI=1S/C19H17N3O2/c1-14-18(11-12-24-14)19(23)22-20-13-15-7-9-17(10-8-15)21-16-5-3-2-4-6-16/h2-13,21H,1H3,(H,22,23)/b20-13+. The molecule has 2 aromatic carbocycles. The van der Waals surface area contributed by atoms with Crippen molar-refractivity contribution in [1.29, 1.82) is 0 Å². The molecule has 0 unspecified atom stereocenters. The number of benzene rings is 2. The van der Waals surface area contributed by atoms with Crippen molar-refractivity contribution >= 4 is 23.5 Å². The van der Waals surface area contributed by atoms with Crippen LogP contribution in [-0.4, -0.2) is 12.1 Å². The molecule has 0 bridgehead atoms. The van der Waals surface area contributed by atoms with Crippen LogP contribution in [0, 0.1) is 6.92 Å². The lowest BCUT2D eigenvalue weighted by molar-refractivity contribution is 0.0953. The predicted molar refractivity (Wildman–Crippen MR) is 94.7 cm³/mol. The van der Waals surface area contributed by atoms with E-state index in [9.17, 15) is 4.79 Å². The van der Waals surface area contributed by atoms with Crippen LogP contribution >= 0.6 is 0 Å². The van der Waals surface area contributed by atoms with Crippen LogP contribution in [0.4, 0.5) is 11.4 Å². The summed E-state index contributed by atoms with van der Waals surface area (Å²) in [6, 6.07) is 19.3. The molecule has 120 valence electrons. The van der Waals surface area contributed by atoms with Gasteiger partial charge in [-0.1, -0.05) is 30.3 Å². The van der Waals surface area contributed by atoms with E-state index < -0.39 is 0 Å². The van der Waals surface area contributed by atoms with Gasteiger partial charge in [0.2, 0.25) is 0 Å². The molecule has 0 spiro atoms. The molecule has 24 heavy (non-hydrogen) atoms. The van der Waals surface area contributed by atoms with Gasteiger partial charge in [0.1, 0.15) is 5.76 Å². The Morgan fingerprint density at radius 2 is 1.71 bits per heavy atom. The smallest absolute Gasteiger partial charge is 0.274 e. The minimum atomic E-state index is -0.292. The number of carbonyl (C=O) groups excluding carboxylic acids is 1. The van der Waals surface area contributed by atoms with E-state index in [-0.39, 0.29) is 5.91 Å². The van der Waals surface area contributed by atoms with Crippen molar-refractivity contribution in [2.24, 2.45) is 5.10 Å². The fourth-order valence-corrected chi connectivity index (χ4v) is 2.19. The summed E-state index contributed by atoms with van der Waals surface area (Å²) in [5.41, 5.74) is 5.86. The van der Waals surface area contributed by atoms with E-state index in [1.54, 1.807) is 19.2 Å². The molecule has 2 N–H and O–H groups in total. The number of nitrogens with one attached hydrogen (secondary N) is 2. The lowest BCUT2D eigenvalue weighted by atomic mass is 10.2. The second kappa shape index (κ2) is 7.28. The average molecular weight is 319 g/mol. The maximum Gasteiger partial charge on any atom is 0.274 e. The van der Waals surface area contributed by atoms with Crippen molar-refractivity contribution in [2.75, 3.05) is 5.32 Å². The number of aryl methyl sites for hydroxylation is 1. The number of amides is 1. The number of hydrogen-bond acceptors (Lipinski definition) is 4. The molecule has 0 saturated carbocycles. The minimum absolute atomic E-state index is 0.292. The summed E-state index contributed by atoms with van der Waals surface area (Å²) >= 11 is 0. The molecule has 1 aromatic heterocycles. The van der Waals surface area contributed by atoms with E-state index in [1.807, 2.05) is 54.6 Å². The van der Waals surface area contributed by atoms with Crippen LogP contribution in [0.3, 0.4) is 0 Å². The second-order valence-corrected chi connectivity index (χ2v) is 5.20. The van der Waals surface area contributed by atoms with Crippen LogP contribution in [0.2, 0.25) is 0 Å². The van der Waals surface area contributed by atoms with Gasteiger partial charge in [-0.05, 0) is 42.8 Å². The molecule has 0 saturated heterocycles. The van der Waals surface area contributed by atoms with E-state index >= 15 is 0 Å². The molecule has 0 atom stereocenters. The van der Waals surface area contributed by atoms with Crippen molar-refractivity contribution in [2.45, 2.75) is 6.92 Å². The van der Waals surface area contributed by atoms with Crippen LogP contribution in [-0.2, 0) is 0 Å². The molecule has 0 aliphatic heterocycles. The average Bonchev–Trinajstić information content (AvgIpc) is 3.03. The molecule has 1 amide bonds. The van der Waals surface area contributed by atoms with E-state index in [0.717, 1.165) is 16.9 Å². The van der Waals surface area contributed by atoms with Gasteiger partial charge in [-0.15, -0.1) is 0 Å².